The molecule has 20 heteroatoms. The average molecular weight is 963 g/mol. The van der Waals surface area contributed by atoms with Gasteiger partial charge in [0, 0.05) is 54.8 Å². The maximum atomic E-state index is 13.6. The second-order valence-electron chi connectivity index (χ2n) is 15.7. The van der Waals surface area contributed by atoms with E-state index in [9.17, 15) is 49.9 Å². The Bertz CT molecular complexity index is 2570. The Balaban J connectivity index is 0.000000216. The second kappa shape index (κ2) is 20.9. The van der Waals surface area contributed by atoms with Crippen molar-refractivity contribution in [2.45, 2.75) is 85.8 Å². The Morgan fingerprint density at radius 1 is 0.688 bits per heavy atom. The lowest BCUT2D eigenvalue weighted by Crippen LogP contribution is -2.48. The summed E-state index contributed by atoms with van der Waals surface area (Å²) in [6, 6.07) is 21.9. The van der Waals surface area contributed by atoms with Gasteiger partial charge in [-0.25, -0.2) is 30.4 Å². The minimum Gasteiger partial charge on any atom is -0.478 e. The van der Waals surface area contributed by atoms with Crippen LogP contribution < -0.4 is 10.6 Å². The van der Waals surface area contributed by atoms with E-state index in [0.29, 0.717) is 59.9 Å². The van der Waals surface area contributed by atoms with E-state index in [2.05, 4.69) is 10.6 Å². The summed E-state index contributed by atoms with van der Waals surface area (Å²) >= 11 is 11.8. The fourth-order valence-electron chi connectivity index (χ4n) is 7.66. The van der Waals surface area contributed by atoms with Gasteiger partial charge in [0.1, 0.15) is 12.1 Å². The fraction of sp³-hybridized carbons (Fsp3) is 0.364. The highest BCUT2D eigenvalue weighted by Gasteiger charge is 2.41. The molecule has 342 valence electrons. The zero-order chi connectivity index (χ0) is 46.2. The van der Waals surface area contributed by atoms with Crippen LogP contribution in [0.3, 0.4) is 0 Å². The fourth-order valence-corrected chi connectivity index (χ4v) is 11.1. The molecule has 2 unspecified atom stereocenters. The van der Waals surface area contributed by atoms with E-state index in [1.54, 1.807) is 24.3 Å². The van der Waals surface area contributed by atoms with E-state index in [-0.39, 0.29) is 58.8 Å². The molecule has 3 aliphatic heterocycles. The summed E-state index contributed by atoms with van der Waals surface area (Å²) < 4.78 is 83.6. The molecule has 0 spiro atoms. The van der Waals surface area contributed by atoms with Gasteiger partial charge in [-0.15, -0.1) is 0 Å². The van der Waals surface area contributed by atoms with Gasteiger partial charge in [0.25, 0.3) is 11.8 Å². The van der Waals surface area contributed by atoms with Crippen LogP contribution in [0.4, 0.5) is 8.78 Å². The largest absolute Gasteiger partial charge is 0.478 e. The topological polar surface area (TPSA) is 191 Å². The first-order chi connectivity index (χ1) is 30.4. The second-order valence-corrected chi connectivity index (χ2v) is 20.3. The molecule has 0 radical (unpaired) electrons. The number of carbonyl (C=O) groups excluding carboxylic acids is 3. The Hall–Kier alpha value is -4.98. The van der Waals surface area contributed by atoms with Gasteiger partial charge < -0.3 is 20.6 Å². The lowest BCUT2D eigenvalue weighted by Gasteiger charge is -2.29. The maximum absolute atomic E-state index is 13.6. The first kappa shape index (κ1) is 48.5. The molecule has 0 aliphatic carbocycles. The molecular weight excluding hydrogens is 916 g/mol. The highest BCUT2D eigenvalue weighted by molar-refractivity contribution is 7.89. The normalized spacial score (nSPS) is 19.2. The third-order valence-corrected chi connectivity index (χ3v) is 15.3. The molecule has 4 aromatic rings. The van der Waals surface area contributed by atoms with Crippen LogP contribution in [0.15, 0.2) is 107 Å². The number of aromatic carboxylic acids is 1. The van der Waals surface area contributed by atoms with Gasteiger partial charge in [0.05, 0.1) is 21.9 Å². The Morgan fingerprint density at radius 2 is 1.12 bits per heavy atom. The Labute approximate surface area is 380 Å². The number of carboxylic acids is 1. The van der Waals surface area contributed by atoms with Crippen LogP contribution in [0.2, 0.25) is 10.0 Å². The molecule has 3 N–H and O–H groups in total. The highest BCUT2D eigenvalue weighted by Crippen LogP contribution is 2.30. The standard InChI is InChI=1S/C24H26ClF2N3O4S.C20H21ClN2O5S/c25-19-7-9-20(10-8-19)35(33,34)30(21-6-1-2-12-28-22(21)31)15-17-4-3-5-18(14-17)23(32)29-13-11-24(26,27)16-29;21-16-7-9-17(10-8-16)29(27,28)23(18-6-1-2-11-22-19(18)24)13-14-4-3-5-15(12-14)20(25)26/h3-5,7-10,14,21H,1-2,6,11-13,15-16H2,(H,28,31);3-5,7-10,12,18H,1-2,6,11,13H2,(H,22,24)(H,25,26). The number of nitrogens with zero attached hydrogens (tertiary/aromatic N) is 3. The van der Waals surface area contributed by atoms with Crippen LogP contribution in [0.25, 0.3) is 0 Å². The van der Waals surface area contributed by atoms with Gasteiger partial charge in [-0.3, -0.25) is 14.4 Å². The van der Waals surface area contributed by atoms with Crippen molar-refractivity contribution >= 4 is 66.9 Å². The molecule has 3 aliphatic rings. The molecule has 0 saturated carbocycles. The highest BCUT2D eigenvalue weighted by atomic mass is 35.5. The third kappa shape index (κ3) is 12.0. The molecule has 4 aromatic carbocycles. The van der Waals surface area contributed by atoms with Crippen molar-refractivity contribution in [3.63, 3.8) is 0 Å². The monoisotopic (exact) mass is 961 g/mol. The predicted octanol–water partition coefficient (Wildman–Crippen LogP) is 6.58. The first-order valence-electron chi connectivity index (χ1n) is 20.5. The minimum atomic E-state index is -4.11. The van der Waals surface area contributed by atoms with E-state index >= 15 is 0 Å². The van der Waals surface area contributed by atoms with Crippen LogP contribution in [-0.4, -0.2) is 103 Å². The van der Waals surface area contributed by atoms with Crippen LogP contribution in [0.5, 0.6) is 0 Å². The van der Waals surface area contributed by atoms with Crippen LogP contribution in [0, 0.1) is 0 Å². The SMILES string of the molecule is O=C(O)c1cccc(CN(C2CCCCNC2=O)S(=O)(=O)c2ccc(Cl)cc2)c1.O=C1NCCCCC1N(Cc1cccc(C(=O)N2CCC(F)(F)C2)c1)S(=O)(=O)c1ccc(Cl)cc1. The Kier molecular flexibility index (Phi) is 15.8. The molecule has 0 aromatic heterocycles. The van der Waals surface area contributed by atoms with Gasteiger partial charge in [0.2, 0.25) is 31.9 Å². The number of hydrogen-bond donors (Lipinski definition) is 3. The van der Waals surface area contributed by atoms with Crippen LogP contribution in [-0.2, 0) is 42.7 Å². The third-order valence-electron chi connectivity index (χ3n) is 11.0. The van der Waals surface area contributed by atoms with E-state index in [1.165, 1.54) is 72.8 Å². The van der Waals surface area contributed by atoms with Crippen molar-refractivity contribution in [3.8, 4) is 0 Å². The lowest BCUT2D eigenvalue weighted by atomic mass is 10.1. The molecule has 14 nitrogen and oxygen atoms in total. The van der Waals surface area contributed by atoms with Gasteiger partial charge in [-0.2, -0.15) is 8.61 Å². The summed E-state index contributed by atoms with van der Waals surface area (Å²) in [6.07, 6.45) is 3.22. The number of nitrogens with one attached hydrogen (secondary N) is 2. The van der Waals surface area contributed by atoms with Crippen molar-refractivity contribution in [1.29, 1.82) is 0 Å². The van der Waals surface area contributed by atoms with E-state index in [1.807, 2.05) is 0 Å². The molecular formula is C44H47Cl2F2N5O9S2. The lowest BCUT2D eigenvalue weighted by molar-refractivity contribution is -0.125. The number of hydrogen-bond acceptors (Lipinski definition) is 8. The number of benzene rings is 4. The number of rotatable bonds is 12. The van der Waals surface area contributed by atoms with E-state index in [0.717, 1.165) is 26.4 Å². The number of sulfonamides is 2. The smallest absolute Gasteiger partial charge is 0.335 e. The predicted molar refractivity (Wildman–Crippen MR) is 235 cm³/mol. The number of likely N-dealkylation sites (tertiary alicyclic amines) is 1. The van der Waals surface area contributed by atoms with Crippen LogP contribution >= 0.6 is 23.2 Å². The minimum absolute atomic E-state index is 0.00882. The average Bonchev–Trinajstić information content (AvgIpc) is 3.36. The summed E-state index contributed by atoms with van der Waals surface area (Å²) in [7, 11) is -8.14. The van der Waals surface area contributed by atoms with Crippen molar-refractivity contribution < 1.29 is 49.9 Å². The van der Waals surface area contributed by atoms with Crippen molar-refractivity contribution in [2.75, 3.05) is 26.2 Å². The number of carbonyl (C=O) groups is 4. The summed E-state index contributed by atoms with van der Waals surface area (Å²) in [6.45, 7) is -0.0114. The summed E-state index contributed by atoms with van der Waals surface area (Å²) in [5.41, 5.74) is 1.20. The number of amides is 3. The molecule has 3 heterocycles. The molecule has 3 saturated heterocycles. The molecule has 3 fully saturated rings. The maximum Gasteiger partial charge on any atom is 0.335 e. The summed E-state index contributed by atoms with van der Waals surface area (Å²) in [4.78, 5) is 50.6. The number of alkyl halides is 2. The van der Waals surface area contributed by atoms with Crippen molar-refractivity contribution in [2.24, 2.45) is 0 Å². The van der Waals surface area contributed by atoms with E-state index < -0.39 is 56.5 Å². The van der Waals surface area contributed by atoms with Crippen molar-refractivity contribution in [1.82, 2.24) is 24.1 Å². The summed E-state index contributed by atoms with van der Waals surface area (Å²) in [5.74, 6) is -5.29. The number of carboxylic acid groups (broad SMARTS) is 1. The molecule has 2 atom stereocenters. The Morgan fingerprint density at radius 3 is 1.55 bits per heavy atom. The molecule has 64 heavy (non-hydrogen) atoms. The first-order valence-corrected chi connectivity index (χ1v) is 24.2. The van der Waals surface area contributed by atoms with Gasteiger partial charge in [-0.1, -0.05) is 47.5 Å². The molecule has 7 rings (SSSR count). The zero-order valence-corrected chi connectivity index (χ0v) is 37.6. The zero-order valence-electron chi connectivity index (χ0n) is 34.5. The summed E-state index contributed by atoms with van der Waals surface area (Å²) in [5, 5.41) is 15.5. The van der Waals surface area contributed by atoms with Crippen molar-refractivity contribution in [3.05, 3.63) is 129 Å². The van der Waals surface area contributed by atoms with E-state index in [4.69, 9.17) is 23.2 Å². The van der Waals surface area contributed by atoms with Crippen LogP contribution in [0.1, 0.15) is 76.8 Å². The number of halogens is 4. The molecule has 3 amide bonds. The van der Waals surface area contributed by atoms with Gasteiger partial charge in [0.15, 0.2) is 0 Å². The quantitative estimate of drug-likeness (QED) is 0.141. The molecule has 0 bridgehead atoms. The van der Waals surface area contributed by atoms with Gasteiger partial charge >= 0.3 is 5.97 Å². The van der Waals surface area contributed by atoms with Gasteiger partial charge in [-0.05, 0) is 122 Å².